The first-order valence-electron chi connectivity index (χ1n) is 10.3. The zero-order valence-corrected chi connectivity index (χ0v) is 18.6. The summed E-state index contributed by atoms with van der Waals surface area (Å²) in [5.41, 5.74) is -0.505. The van der Waals surface area contributed by atoms with E-state index >= 15 is 0 Å². The lowest BCUT2D eigenvalue weighted by atomic mass is 10.00. The number of guanidine groups is 1. The smallest absolute Gasteiger partial charge is 0.410 e. The molecule has 2 rings (SSSR count). The Balaban J connectivity index is 1.90. The summed E-state index contributed by atoms with van der Waals surface area (Å²) in [6.07, 6.45) is 5.29. The molecule has 0 aliphatic carbocycles. The minimum absolute atomic E-state index is 0.112. The highest BCUT2D eigenvalue weighted by molar-refractivity contribution is 6.30. The molecule has 2 aliphatic heterocycles. The van der Waals surface area contributed by atoms with E-state index in [1.54, 1.807) is 13.1 Å². The molecule has 0 aromatic carbocycles. The second kappa shape index (κ2) is 10.7. The number of halogens is 1. The van der Waals surface area contributed by atoms with E-state index < -0.39 is 5.60 Å². The Labute approximate surface area is 178 Å². The largest absolute Gasteiger partial charge is 0.466 e. The average molecular weight is 429 g/mol. The van der Waals surface area contributed by atoms with Crippen LogP contribution in [-0.2, 0) is 14.3 Å². The number of esters is 1. The van der Waals surface area contributed by atoms with Crippen molar-refractivity contribution in [3.05, 3.63) is 11.2 Å². The van der Waals surface area contributed by atoms with Crippen LogP contribution in [0.1, 0.15) is 59.8 Å². The van der Waals surface area contributed by atoms with Gasteiger partial charge in [0.1, 0.15) is 5.60 Å². The fraction of sp³-hybridized carbons (Fsp3) is 0.750. The second-order valence-electron chi connectivity index (χ2n) is 8.22. The summed E-state index contributed by atoms with van der Waals surface area (Å²) < 4.78 is 10.5. The van der Waals surface area contributed by atoms with Gasteiger partial charge in [-0.05, 0) is 53.4 Å². The molecule has 29 heavy (non-hydrogen) atoms. The highest BCUT2D eigenvalue weighted by Gasteiger charge is 2.30. The minimum Gasteiger partial charge on any atom is -0.466 e. The summed E-state index contributed by atoms with van der Waals surface area (Å²) in [4.78, 5) is 30.6. The van der Waals surface area contributed by atoms with Crippen LogP contribution in [0.25, 0.3) is 0 Å². The summed E-state index contributed by atoms with van der Waals surface area (Å²) in [6, 6.07) is -0.246. The SMILES string of the molecule is CCOC(=O)CC1NC(=NCCC2CCCCN2C(=O)OC(C)(C)C)NC=C1Cl. The highest BCUT2D eigenvalue weighted by Crippen LogP contribution is 2.22. The number of carbonyl (C=O) groups is 2. The highest BCUT2D eigenvalue weighted by atomic mass is 35.5. The third-order valence-corrected chi connectivity index (χ3v) is 5.03. The Morgan fingerprint density at radius 2 is 2.10 bits per heavy atom. The van der Waals surface area contributed by atoms with E-state index in [2.05, 4.69) is 15.6 Å². The normalized spacial score (nSPS) is 23.7. The molecular formula is C20H33ClN4O4. The van der Waals surface area contributed by atoms with Gasteiger partial charge in [-0.1, -0.05) is 11.6 Å². The topological polar surface area (TPSA) is 92.3 Å². The number of piperidine rings is 1. The van der Waals surface area contributed by atoms with E-state index in [-0.39, 0.29) is 30.6 Å². The van der Waals surface area contributed by atoms with Gasteiger partial charge in [0.25, 0.3) is 0 Å². The Bertz CT molecular complexity index is 645. The molecule has 2 unspecified atom stereocenters. The number of ether oxygens (including phenoxy) is 2. The third kappa shape index (κ3) is 7.76. The van der Waals surface area contributed by atoms with Gasteiger partial charge in [0.2, 0.25) is 0 Å². The second-order valence-corrected chi connectivity index (χ2v) is 8.66. The summed E-state index contributed by atoms with van der Waals surface area (Å²) >= 11 is 6.17. The maximum absolute atomic E-state index is 12.5. The van der Waals surface area contributed by atoms with Crippen molar-refractivity contribution in [1.29, 1.82) is 0 Å². The van der Waals surface area contributed by atoms with E-state index in [4.69, 9.17) is 21.1 Å². The van der Waals surface area contributed by atoms with Crippen LogP contribution in [-0.4, -0.2) is 60.3 Å². The Hall–Kier alpha value is -1.96. The van der Waals surface area contributed by atoms with Crippen molar-refractivity contribution in [2.24, 2.45) is 4.99 Å². The lowest BCUT2D eigenvalue weighted by Crippen LogP contribution is -2.48. The van der Waals surface area contributed by atoms with Crippen LogP contribution < -0.4 is 10.6 Å². The molecule has 1 amide bonds. The van der Waals surface area contributed by atoms with Gasteiger partial charge in [0, 0.05) is 25.3 Å². The van der Waals surface area contributed by atoms with Crippen molar-refractivity contribution in [3.63, 3.8) is 0 Å². The lowest BCUT2D eigenvalue weighted by molar-refractivity contribution is -0.143. The molecule has 9 heteroatoms. The van der Waals surface area contributed by atoms with E-state index in [0.29, 0.717) is 30.7 Å². The number of carbonyl (C=O) groups excluding carboxylic acids is 2. The van der Waals surface area contributed by atoms with Gasteiger partial charge in [-0.15, -0.1) is 0 Å². The molecule has 0 aromatic heterocycles. The Morgan fingerprint density at radius 1 is 1.34 bits per heavy atom. The molecule has 0 bridgehead atoms. The monoisotopic (exact) mass is 428 g/mol. The van der Waals surface area contributed by atoms with E-state index in [1.165, 1.54) is 0 Å². The minimum atomic E-state index is -0.505. The van der Waals surface area contributed by atoms with E-state index in [9.17, 15) is 9.59 Å². The fourth-order valence-electron chi connectivity index (χ4n) is 3.33. The van der Waals surface area contributed by atoms with Crippen molar-refractivity contribution in [2.75, 3.05) is 19.7 Å². The van der Waals surface area contributed by atoms with Crippen molar-refractivity contribution in [2.45, 2.75) is 77.5 Å². The summed E-state index contributed by atoms with van der Waals surface area (Å²) in [6.45, 7) is 8.99. The maximum Gasteiger partial charge on any atom is 0.410 e. The molecule has 164 valence electrons. The van der Waals surface area contributed by atoms with Gasteiger partial charge in [-0.3, -0.25) is 9.79 Å². The number of amides is 1. The van der Waals surface area contributed by atoms with Gasteiger partial charge >= 0.3 is 12.1 Å². The summed E-state index contributed by atoms with van der Waals surface area (Å²) in [7, 11) is 0. The van der Waals surface area contributed by atoms with E-state index in [1.807, 2.05) is 25.7 Å². The van der Waals surface area contributed by atoms with Crippen LogP contribution in [0.15, 0.2) is 16.2 Å². The van der Waals surface area contributed by atoms with Crippen molar-refractivity contribution >= 4 is 29.6 Å². The van der Waals surface area contributed by atoms with Gasteiger partial charge in [0.15, 0.2) is 5.96 Å². The number of hydrogen-bond donors (Lipinski definition) is 2. The van der Waals surface area contributed by atoms with Crippen LogP contribution in [0.3, 0.4) is 0 Å². The molecule has 2 aliphatic rings. The number of nitrogens with zero attached hydrogens (tertiary/aromatic N) is 2. The molecule has 0 radical (unpaired) electrons. The summed E-state index contributed by atoms with van der Waals surface area (Å²) in [5.74, 6) is 0.247. The number of hydrogen-bond acceptors (Lipinski definition) is 5. The zero-order valence-electron chi connectivity index (χ0n) is 17.8. The van der Waals surface area contributed by atoms with Crippen molar-refractivity contribution < 1.29 is 19.1 Å². The molecule has 0 spiro atoms. The van der Waals surface area contributed by atoms with Crippen LogP contribution in [0.2, 0.25) is 0 Å². The maximum atomic E-state index is 12.5. The van der Waals surface area contributed by atoms with Gasteiger partial charge in [-0.2, -0.15) is 0 Å². The first-order valence-corrected chi connectivity index (χ1v) is 10.7. The Kier molecular flexibility index (Phi) is 8.61. The van der Waals surface area contributed by atoms with Crippen molar-refractivity contribution in [3.8, 4) is 0 Å². The summed E-state index contributed by atoms with van der Waals surface area (Å²) in [5, 5.41) is 6.62. The van der Waals surface area contributed by atoms with Crippen LogP contribution in [0.5, 0.6) is 0 Å². The molecule has 1 saturated heterocycles. The number of aliphatic imine (C=N–C) groups is 1. The van der Waals surface area contributed by atoms with Gasteiger partial charge in [-0.25, -0.2) is 4.79 Å². The fourth-order valence-corrected chi connectivity index (χ4v) is 3.51. The standard InChI is InChI=1S/C20H33ClN4O4/c1-5-28-17(26)12-16-15(21)13-23-18(24-16)22-10-9-14-8-6-7-11-25(14)19(27)29-20(2,3)4/h13-14,16H,5-12H2,1-4H3,(H2,22,23,24). The van der Waals surface area contributed by atoms with Crippen LogP contribution in [0.4, 0.5) is 4.79 Å². The third-order valence-electron chi connectivity index (χ3n) is 4.65. The van der Waals surface area contributed by atoms with E-state index in [0.717, 1.165) is 25.7 Å². The number of rotatable bonds is 6. The van der Waals surface area contributed by atoms with Crippen molar-refractivity contribution in [1.82, 2.24) is 15.5 Å². The first kappa shape index (κ1) is 23.3. The van der Waals surface area contributed by atoms with Gasteiger partial charge < -0.3 is 25.0 Å². The molecule has 2 atom stereocenters. The molecule has 8 nitrogen and oxygen atoms in total. The molecule has 1 fully saturated rings. The van der Waals surface area contributed by atoms with Crippen LogP contribution >= 0.6 is 11.6 Å². The lowest BCUT2D eigenvalue weighted by Gasteiger charge is -2.36. The molecule has 0 aromatic rings. The molecule has 0 saturated carbocycles. The zero-order chi connectivity index (χ0) is 21.4. The molecular weight excluding hydrogens is 396 g/mol. The quantitative estimate of drug-likeness (QED) is 0.631. The first-order chi connectivity index (χ1) is 13.7. The average Bonchev–Trinajstić information content (AvgIpc) is 2.63. The Morgan fingerprint density at radius 3 is 2.79 bits per heavy atom. The predicted octanol–water partition coefficient (Wildman–Crippen LogP) is 3.12. The van der Waals surface area contributed by atoms with Crippen LogP contribution in [0, 0.1) is 0 Å². The number of likely N-dealkylation sites (tertiary alicyclic amines) is 1. The molecule has 2 heterocycles. The molecule has 2 N–H and O–H groups in total. The number of nitrogens with one attached hydrogen (secondary N) is 2. The van der Waals surface area contributed by atoms with Gasteiger partial charge in [0.05, 0.1) is 24.1 Å². The predicted molar refractivity (Wildman–Crippen MR) is 113 cm³/mol.